The van der Waals surface area contributed by atoms with E-state index in [2.05, 4.69) is 20.6 Å². The molecule has 7 nitrogen and oxygen atoms in total. The maximum atomic E-state index is 11.3. The molecule has 0 aromatic carbocycles. The first-order valence-corrected chi connectivity index (χ1v) is 9.96. The van der Waals surface area contributed by atoms with Gasteiger partial charge in [-0.1, -0.05) is 0 Å². The summed E-state index contributed by atoms with van der Waals surface area (Å²) in [5, 5.41) is 12.4. The first-order chi connectivity index (χ1) is 10.8. The SMILES string of the molecule is CN=C(NCc1ccc(S(N)(=O)=O)s1)NCc1nc(C)c(C)s1. The molecule has 4 N–H and O–H groups in total. The van der Waals surface area contributed by atoms with Crippen molar-refractivity contribution in [1.29, 1.82) is 0 Å². The molecular formula is C13H19N5O2S3. The van der Waals surface area contributed by atoms with Crippen molar-refractivity contribution in [3.63, 3.8) is 0 Å². The average Bonchev–Trinajstić information content (AvgIpc) is 3.06. The summed E-state index contributed by atoms with van der Waals surface area (Å²) >= 11 is 2.80. The van der Waals surface area contributed by atoms with Crippen LogP contribution in [0.1, 0.15) is 20.5 Å². The van der Waals surface area contributed by atoms with E-state index in [1.54, 1.807) is 24.5 Å². The molecule has 2 rings (SSSR count). The molecule has 0 radical (unpaired) electrons. The number of nitrogens with one attached hydrogen (secondary N) is 2. The molecule has 2 aromatic heterocycles. The van der Waals surface area contributed by atoms with Crippen LogP contribution in [-0.2, 0) is 23.1 Å². The van der Waals surface area contributed by atoms with E-state index in [1.807, 2.05) is 13.8 Å². The average molecular weight is 374 g/mol. The number of aromatic nitrogens is 1. The lowest BCUT2D eigenvalue weighted by Gasteiger charge is -2.09. The minimum Gasteiger partial charge on any atom is -0.352 e. The topological polar surface area (TPSA) is 109 Å². The molecule has 0 aliphatic heterocycles. The lowest BCUT2D eigenvalue weighted by molar-refractivity contribution is 0.600. The van der Waals surface area contributed by atoms with E-state index in [1.165, 1.54) is 10.9 Å². The van der Waals surface area contributed by atoms with E-state index in [0.29, 0.717) is 19.0 Å². The fourth-order valence-corrected chi connectivity index (χ4v) is 4.36. The fraction of sp³-hybridized carbons (Fsp3) is 0.385. The molecule has 0 amide bonds. The van der Waals surface area contributed by atoms with Crippen molar-refractivity contribution in [2.24, 2.45) is 10.1 Å². The van der Waals surface area contributed by atoms with E-state index in [9.17, 15) is 8.42 Å². The number of thiazole rings is 1. The van der Waals surface area contributed by atoms with Crippen LogP contribution in [0.4, 0.5) is 0 Å². The Balaban J connectivity index is 1.89. The molecule has 0 unspecified atom stereocenters. The van der Waals surface area contributed by atoms with Crippen LogP contribution < -0.4 is 15.8 Å². The van der Waals surface area contributed by atoms with Crippen molar-refractivity contribution in [2.75, 3.05) is 7.05 Å². The molecule has 0 aliphatic rings. The second-order valence-electron chi connectivity index (χ2n) is 4.79. The van der Waals surface area contributed by atoms with E-state index >= 15 is 0 Å². The predicted octanol–water partition coefficient (Wildman–Crippen LogP) is 1.33. The van der Waals surface area contributed by atoms with Crippen LogP contribution in [0.2, 0.25) is 0 Å². The standard InChI is InChI=1S/C13H19N5O2S3/c1-8-9(2)21-11(18-8)7-17-13(15-3)16-6-10-4-5-12(22-10)23(14,19)20/h4-5H,6-7H2,1-3H3,(H2,14,19,20)(H2,15,16,17). The Labute approximate surface area is 143 Å². The molecule has 10 heteroatoms. The van der Waals surface area contributed by atoms with Crippen LogP contribution in [0.3, 0.4) is 0 Å². The van der Waals surface area contributed by atoms with Crippen molar-refractivity contribution in [2.45, 2.75) is 31.1 Å². The van der Waals surface area contributed by atoms with Crippen LogP contribution in [0.15, 0.2) is 21.3 Å². The number of hydrogen-bond donors (Lipinski definition) is 3. The zero-order valence-corrected chi connectivity index (χ0v) is 15.5. The zero-order chi connectivity index (χ0) is 17.0. The predicted molar refractivity (Wildman–Crippen MR) is 94.3 cm³/mol. The third kappa shape index (κ3) is 4.99. The Kier molecular flexibility index (Phi) is 5.74. The third-order valence-electron chi connectivity index (χ3n) is 3.05. The Hall–Kier alpha value is -1.49. The third-order valence-corrected chi connectivity index (χ3v) is 6.65. The number of primary sulfonamides is 1. The molecule has 0 aliphatic carbocycles. The van der Waals surface area contributed by atoms with E-state index in [0.717, 1.165) is 26.9 Å². The monoisotopic (exact) mass is 373 g/mol. The number of nitrogens with zero attached hydrogens (tertiary/aromatic N) is 2. The van der Waals surface area contributed by atoms with Gasteiger partial charge in [-0.05, 0) is 26.0 Å². The minimum absolute atomic E-state index is 0.158. The molecule has 2 heterocycles. The second kappa shape index (κ2) is 7.39. The van der Waals surface area contributed by atoms with Gasteiger partial charge in [0.25, 0.3) is 0 Å². The molecule has 23 heavy (non-hydrogen) atoms. The van der Waals surface area contributed by atoms with Crippen molar-refractivity contribution < 1.29 is 8.42 Å². The van der Waals surface area contributed by atoms with E-state index < -0.39 is 10.0 Å². The summed E-state index contributed by atoms with van der Waals surface area (Å²) < 4.78 is 22.7. The second-order valence-corrected chi connectivity index (χ2v) is 9.04. The van der Waals surface area contributed by atoms with Gasteiger partial charge in [-0.15, -0.1) is 22.7 Å². The Bertz CT molecular complexity index is 788. The molecule has 2 aromatic rings. The van der Waals surface area contributed by atoms with Crippen molar-refractivity contribution in [3.8, 4) is 0 Å². The number of guanidine groups is 1. The molecule has 0 atom stereocenters. The maximum absolute atomic E-state index is 11.3. The van der Waals surface area contributed by atoms with E-state index in [-0.39, 0.29) is 4.21 Å². The van der Waals surface area contributed by atoms with Gasteiger partial charge >= 0.3 is 0 Å². The molecule has 126 valence electrons. The number of rotatable bonds is 5. The summed E-state index contributed by atoms with van der Waals surface area (Å²) in [4.78, 5) is 10.7. The summed E-state index contributed by atoms with van der Waals surface area (Å²) in [6.07, 6.45) is 0. The van der Waals surface area contributed by atoms with E-state index in [4.69, 9.17) is 5.14 Å². The van der Waals surface area contributed by atoms with Crippen LogP contribution in [-0.4, -0.2) is 26.4 Å². The van der Waals surface area contributed by atoms with Crippen molar-refractivity contribution in [3.05, 3.63) is 32.6 Å². The van der Waals surface area contributed by atoms with Gasteiger partial charge < -0.3 is 10.6 Å². The van der Waals surface area contributed by atoms with Gasteiger partial charge in [0.05, 0.1) is 18.8 Å². The molecular weight excluding hydrogens is 354 g/mol. The van der Waals surface area contributed by atoms with Gasteiger partial charge in [0, 0.05) is 16.8 Å². The molecule has 0 saturated heterocycles. The highest BCUT2D eigenvalue weighted by molar-refractivity contribution is 7.91. The summed E-state index contributed by atoms with van der Waals surface area (Å²) in [7, 11) is -1.96. The number of thiophene rings is 1. The van der Waals surface area contributed by atoms with Gasteiger partial charge in [0.15, 0.2) is 5.96 Å². The van der Waals surface area contributed by atoms with Gasteiger partial charge in [-0.25, -0.2) is 18.5 Å². The molecule has 0 fully saturated rings. The van der Waals surface area contributed by atoms with Crippen molar-refractivity contribution in [1.82, 2.24) is 15.6 Å². The van der Waals surface area contributed by atoms with Crippen LogP contribution in [0.5, 0.6) is 0 Å². The first-order valence-electron chi connectivity index (χ1n) is 6.78. The van der Waals surface area contributed by atoms with Crippen LogP contribution in [0.25, 0.3) is 0 Å². The summed E-state index contributed by atoms with van der Waals surface area (Å²) in [6, 6.07) is 3.24. The summed E-state index contributed by atoms with van der Waals surface area (Å²) in [5.74, 6) is 0.626. The molecule has 0 bridgehead atoms. The number of hydrogen-bond acceptors (Lipinski definition) is 6. The lowest BCUT2D eigenvalue weighted by Crippen LogP contribution is -2.36. The van der Waals surface area contributed by atoms with Crippen LogP contribution >= 0.6 is 22.7 Å². The number of nitrogens with two attached hydrogens (primary N) is 1. The number of sulfonamides is 1. The fourth-order valence-electron chi connectivity index (χ4n) is 1.77. The Morgan fingerprint density at radius 1 is 1.26 bits per heavy atom. The highest BCUT2D eigenvalue weighted by atomic mass is 32.2. The highest BCUT2D eigenvalue weighted by Gasteiger charge is 2.11. The normalized spacial score (nSPS) is 12.4. The Morgan fingerprint density at radius 2 is 1.96 bits per heavy atom. The smallest absolute Gasteiger partial charge is 0.247 e. The highest BCUT2D eigenvalue weighted by Crippen LogP contribution is 2.20. The minimum atomic E-state index is -3.64. The molecule has 0 saturated carbocycles. The summed E-state index contributed by atoms with van der Waals surface area (Å²) in [6.45, 7) is 5.09. The number of aliphatic imine (C=N–C) groups is 1. The van der Waals surface area contributed by atoms with Crippen molar-refractivity contribution >= 4 is 38.7 Å². The zero-order valence-electron chi connectivity index (χ0n) is 13.1. The van der Waals surface area contributed by atoms with Gasteiger partial charge in [0.2, 0.25) is 10.0 Å². The van der Waals surface area contributed by atoms with Gasteiger partial charge in [-0.2, -0.15) is 0 Å². The molecule has 0 spiro atoms. The van der Waals surface area contributed by atoms with Gasteiger partial charge in [0.1, 0.15) is 9.22 Å². The first kappa shape index (κ1) is 17.9. The quantitative estimate of drug-likeness (QED) is 0.541. The van der Waals surface area contributed by atoms with Crippen LogP contribution in [0, 0.1) is 13.8 Å². The number of aryl methyl sites for hydroxylation is 2. The largest absolute Gasteiger partial charge is 0.352 e. The van der Waals surface area contributed by atoms with Gasteiger partial charge in [-0.3, -0.25) is 4.99 Å². The Morgan fingerprint density at radius 3 is 2.48 bits per heavy atom. The lowest BCUT2D eigenvalue weighted by atomic mass is 10.4. The maximum Gasteiger partial charge on any atom is 0.247 e. The summed E-state index contributed by atoms with van der Waals surface area (Å²) in [5.41, 5.74) is 1.05.